The van der Waals surface area contributed by atoms with Gasteiger partial charge in [0, 0.05) is 32.2 Å². The van der Waals surface area contributed by atoms with Crippen molar-refractivity contribution in [1.82, 2.24) is 4.98 Å². The minimum Gasteiger partial charge on any atom is -0.455 e. The molecule has 0 saturated heterocycles. The number of fused-ring (bicyclic) bond motifs is 6. The van der Waals surface area contributed by atoms with E-state index in [0.717, 1.165) is 81.9 Å². The van der Waals surface area contributed by atoms with Crippen molar-refractivity contribution in [3.8, 4) is 22.4 Å². The third-order valence-electron chi connectivity index (χ3n) is 9.14. The van der Waals surface area contributed by atoms with Crippen molar-refractivity contribution in [3.05, 3.63) is 170 Å². The van der Waals surface area contributed by atoms with Crippen molar-refractivity contribution in [2.75, 3.05) is 0 Å². The summed E-state index contributed by atoms with van der Waals surface area (Å²) in [5.74, 6) is 0. The summed E-state index contributed by atoms with van der Waals surface area (Å²) in [6.07, 6.45) is 0. The molecule has 0 unspecified atom stereocenters. The SMILES string of the molecule is O=P(c1ccccc1)(c1ccccc1)c1ccc(-c2ccc(-c3nc4cc5ccccc5cc4c4oc5ccccc5c34)cc2)cc1. The summed E-state index contributed by atoms with van der Waals surface area (Å²) in [7, 11) is -3.03. The van der Waals surface area contributed by atoms with E-state index in [1.54, 1.807) is 0 Å². The third-order valence-corrected chi connectivity index (χ3v) is 12.2. The molecule has 47 heavy (non-hydrogen) atoms. The number of pyridine rings is 1. The maximum absolute atomic E-state index is 14.8. The molecule has 9 rings (SSSR count). The molecule has 9 aromatic rings. The number of aromatic nitrogens is 1. The Bertz CT molecular complexity index is 2580. The van der Waals surface area contributed by atoms with Crippen molar-refractivity contribution in [2.45, 2.75) is 0 Å². The highest BCUT2D eigenvalue weighted by atomic mass is 31.2. The highest BCUT2D eigenvalue weighted by Crippen LogP contribution is 2.43. The molecule has 0 aliphatic carbocycles. The number of benzene rings is 7. The van der Waals surface area contributed by atoms with Gasteiger partial charge >= 0.3 is 0 Å². The fourth-order valence-corrected chi connectivity index (χ4v) is 9.41. The Morgan fingerprint density at radius 2 is 0.979 bits per heavy atom. The van der Waals surface area contributed by atoms with Gasteiger partial charge in [-0.2, -0.15) is 0 Å². The van der Waals surface area contributed by atoms with E-state index in [9.17, 15) is 4.57 Å². The Morgan fingerprint density at radius 3 is 1.64 bits per heavy atom. The molecule has 2 heterocycles. The quantitative estimate of drug-likeness (QED) is 0.142. The molecule has 0 fully saturated rings. The van der Waals surface area contributed by atoms with Crippen LogP contribution in [0.3, 0.4) is 0 Å². The number of nitrogens with zero attached hydrogens (tertiary/aromatic N) is 1. The van der Waals surface area contributed by atoms with Gasteiger partial charge in [-0.1, -0.05) is 152 Å². The average Bonchev–Trinajstić information content (AvgIpc) is 3.54. The summed E-state index contributed by atoms with van der Waals surface area (Å²) in [5.41, 5.74) is 6.69. The Labute approximate surface area is 272 Å². The van der Waals surface area contributed by atoms with Gasteiger partial charge in [0.05, 0.1) is 16.6 Å². The highest BCUT2D eigenvalue weighted by molar-refractivity contribution is 7.85. The van der Waals surface area contributed by atoms with Crippen LogP contribution in [0.15, 0.2) is 174 Å². The van der Waals surface area contributed by atoms with Gasteiger partial charge in [-0.15, -0.1) is 0 Å². The van der Waals surface area contributed by atoms with Gasteiger partial charge < -0.3 is 8.98 Å². The lowest BCUT2D eigenvalue weighted by Gasteiger charge is -2.20. The Balaban J connectivity index is 1.14. The highest BCUT2D eigenvalue weighted by Gasteiger charge is 2.29. The number of hydrogen-bond acceptors (Lipinski definition) is 3. The molecule has 0 aliphatic rings. The van der Waals surface area contributed by atoms with Gasteiger partial charge in [0.2, 0.25) is 0 Å². The molecular weight excluding hydrogens is 593 g/mol. The summed E-state index contributed by atoms with van der Waals surface area (Å²) in [4.78, 5) is 5.25. The fourth-order valence-electron chi connectivity index (χ4n) is 6.77. The van der Waals surface area contributed by atoms with E-state index in [-0.39, 0.29) is 0 Å². The van der Waals surface area contributed by atoms with E-state index < -0.39 is 7.14 Å². The lowest BCUT2D eigenvalue weighted by atomic mass is 9.98. The van der Waals surface area contributed by atoms with Crippen LogP contribution >= 0.6 is 7.14 Å². The van der Waals surface area contributed by atoms with Crippen LogP contribution in [0.25, 0.3) is 66.0 Å². The van der Waals surface area contributed by atoms with Crippen molar-refractivity contribution in [1.29, 1.82) is 0 Å². The maximum atomic E-state index is 14.8. The first-order valence-electron chi connectivity index (χ1n) is 15.7. The summed E-state index contributed by atoms with van der Waals surface area (Å²) in [6.45, 7) is 0. The van der Waals surface area contributed by atoms with Crippen LogP contribution in [0.4, 0.5) is 0 Å². The summed E-state index contributed by atoms with van der Waals surface area (Å²) in [6, 6.07) is 57.2. The van der Waals surface area contributed by atoms with E-state index >= 15 is 0 Å². The van der Waals surface area contributed by atoms with E-state index in [1.165, 1.54) is 0 Å². The largest absolute Gasteiger partial charge is 0.455 e. The normalized spacial score (nSPS) is 11.9. The lowest BCUT2D eigenvalue weighted by Crippen LogP contribution is -2.24. The van der Waals surface area contributed by atoms with Gasteiger partial charge in [0.15, 0.2) is 7.14 Å². The molecular formula is C43H28NO2P. The number of rotatable bonds is 5. The van der Waals surface area contributed by atoms with Crippen LogP contribution in [0, 0.1) is 0 Å². The van der Waals surface area contributed by atoms with Crippen LogP contribution in [-0.4, -0.2) is 4.98 Å². The zero-order chi connectivity index (χ0) is 31.4. The van der Waals surface area contributed by atoms with Gasteiger partial charge in [-0.3, -0.25) is 0 Å². The first-order valence-corrected chi connectivity index (χ1v) is 17.4. The predicted molar refractivity (Wildman–Crippen MR) is 197 cm³/mol. The van der Waals surface area contributed by atoms with Crippen molar-refractivity contribution < 1.29 is 8.98 Å². The van der Waals surface area contributed by atoms with E-state index in [1.807, 2.05) is 91.0 Å². The standard InChI is InChI=1S/C43H28NO2P/c45-47(34-13-3-1-4-14-34,35-15-5-2-6-16-35)36-25-23-30(24-26-36)29-19-21-31(22-20-29)42-41-37-17-9-10-18-40(37)46-43(41)38-27-32-11-7-8-12-33(32)28-39(38)44-42/h1-28H. The number of para-hydroxylation sites is 1. The van der Waals surface area contributed by atoms with Gasteiger partial charge in [-0.25, -0.2) is 4.98 Å². The van der Waals surface area contributed by atoms with Crippen LogP contribution in [0.5, 0.6) is 0 Å². The Morgan fingerprint density at radius 1 is 0.468 bits per heavy atom. The van der Waals surface area contributed by atoms with E-state index in [2.05, 4.69) is 78.9 Å². The molecule has 222 valence electrons. The van der Waals surface area contributed by atoms with Gasteiger partial charge in [0.25, 0.3) is 0 Å². The molecule has 3 nitrogen and oxygen atoms in total. The number of hydrogen-bond donors (Lipinski definition) is 0. The first kappa shape index (κ1) is 27.5. The van der Waals surface area contributed by atoms with E-state index in [4.69, 9.17) is 9.40 Å². The Kier molecular flexibility index (Phi) is 6.41. The van der Waals surface area contributed by atoms with Gasteiger partial charge in [0.1, 0.15) is 11.2 Å². The average molecular weight is 622 g/mol. The molecule has 7 aromatic carbocycles. The zero-order valence-electron chi connectivity index (χ0n) is 25.4. The van der Waals surface area contributed by atoms with Crippen molar-refractivity contribution >= 4 is 66.7 Å². The number of furan rings is 1. The maximum Gasteiger partial charge on any atom is 0.171 e. The lowest BCUT2D eigenvalue weighted by molar-refractivity contribution is 0.592. The minimum absolute atomic E-state index is 0.817. The molecule has 2 aromatic heterocycles. The monoisotopic (exact) mass is 621 g/mol. The second kappa shape index (κ2) is 10.9. The van der Waals surface area contributed by atoms with Crippen LogP contribution in [0.1, 0.15) is 0 Å². The summed E-state index contributed by atoms with van der Waals surface area (Å²) >= 11 is 0. The predicted octanol–water partition coefficient (Wildman–Crippen LogP) is 10.3. The van der Waals surface area contributed by atoms with Gasteiger partial charge in [-0.05, 0) is 40.1 Å². The van der Waals surface area contributed by atoms with Crippen molar-refractivity contribution in [3.63, 3.8) is 0 Å². The van der Waals surface area contributed by atoms with Crippen LogP contribution in [-0.2, 0) is 4.57 Å². The second-order valence-electron chi connectivity index (χ2n) is 11.9. The molecule has 0 saturated carbocycles. The molecule has 0 atom stereocenters. The second-order valence-corrected chi connectivity index (χ2v) is 14.7. The first-order chi connectivity index (χ1) is 23.2. The van der Waals surface area contributed by atoms with Crippen molar-refractivity contribution in [2.24, 2.45) is 0 Å². The molecule has 0 radical (unpaired) electrons. The smallest absolute Gasteiger partial charge is 0.171 e. The molecule has 0 N–H and O–H groups in total. The third kappa shape index (κ3) is 4.51. The molecule has 0 aliphatic heterocycles. The summed E-state index contributed by atoms with van der Waals surface area (Å²) in [5, 5.41) is 7.89. The van der Waals surface area contributed by atoms with Crippen LogP contribution < -0.4 is 15.9 Å². The summed E-state index contributed by atoms with van der Waals surface area (Å²) < 4.78 is 21.3. The molecule has 0 spiro atoms. The molecule has 4 heteroatoms. The topological polar surface area (TPSA) is 43.1 Å². The van der Waals surface area contributed by atoms with Crippen LogP contribution in [0.2, 0.25) is 0 Å². The zero-order valence-corrected chi connectivity index (χ0v) is 26.3. The Hall–Kier alpha value is -5.76. The fraction of sp³-hybridized carbons (Fsp3) is 0. The molecule has 0 amide bonds. The molecule has 0 bridgehead atoms. The van der Waals surface area contributed by atoms with E-state index in [0.29, 0.717) is 0 Å². The minimum atomic E-state index is -3.03.